The van der Waals surface area contributed by atoms with Crippen LogP contribution in [-0.2, 0) is 41.4 Å². The molecule has 16 heteroatoms. The van der Waals surface area contributed by atoms with E-state index in [1.165, 1.54) is 22.3 Å². The Balaban J connectivity index is 0. The van der Waals surface area contributed by atoms with Crippen LogP contribution < -0.4 is 0 Å². The first-order valence-corrected chi connectivity index (χ1v) is 34.3. The second-order valence-electron chi connectivity index (χ2n) is 25.8. The maximum Gasteiger partial charge on any atom is 0.154 e. The Bertz CT molecular complexity index is 3020. The van der Waals surface area contributed by atoms with Crippen LogP contribution in [0.15, 0.2) is 116 Å². The highest BCUT2D eigenvalue weighted by atomic mass is 35.5. The van der Waals surface area contributed by atoms with E-state index in [0.717, 1.165) is 150 Å². The number of aliphatic hydroxyl groups is 2. The molecule has 538 valence electrons. The van der Waals surface area contributed by atoms with E-state index in [4.69, 9.17) is 42.9 Å². The fourth-order valence-electron chi connectivity index (χ4n) is 9.38. The van der Waals surface area contributed by atoms with Crippen LogP contribution in [0.2, 0.25) is 10.0 Å². The van der Waals surface area contributed by atoms with Gasteiger partial charge >= 0.3 is 0 Å². The molecule has 2 aromatic carbocycles. The van der Waals surface area contributed by atoms with E-state index in [2.05, 4.69) is 85.3 Å². The number of benzene rings is 2. The standard InChI is InChI=1S/C23H31ClO4.C18H21ClO4.C15H26O2.C11H18O.C10H16O2.C3H8O/c1-14(7-6-8-15(2)10-12-19-23(4,5)28-19)9-11-17-21(26)18(13-25)16(3)20(24)22(17)27;1-11(5-4-6-12(2)9-20)7-8-14-17(22)15(10-21)13(3)16(19)18(14)23;1-12(6-5-7-13(2)10-11-16)8-9-14-15(3,4)17-14;1-4-6-10(2)7-5-8-11(3)9-12;1-9(6-7-11)4-3-5-10(2)8-12;1-3-4-2/h8-9,13,19,26-27H,6-7,10-12H2,1-5H3;6-7,9-10,22-23H,4-5,8H2,1-3H3;6,10,14,16H,5,7-9,11H2,1-4H3;6,8-9H,4-5,7H2,1-3H3;5-6,8,11H,3-4,7H2,1-2H3;3H2,1-2H3/b14-9+,15-8+;11-7+,12-6+;12-6+,13-10+;10-6+,11-8+;9-6+,10-5+;. The van der Waals surface area contributed by atoms with E-state index >= 15 is 0 Å². The largest absolute Gasteiger partial charge is 0.507 e. The zero-order chi connectivity index (χ0) is 73.7. The first-order valence-electron chi connectivity index (χ1n) is 33.6. The lowest BCUT2D eigenvalue weighted by molar-refractivity contribution is -0.105. The lowest BCUT2D eigenvalue weighted by atomic mass is 9.98. The number of halogens is 2. The van der Waals surface area contributed by atoms with E-state index < -0.39 is 0 Å². The maximum absolute atomic E-state index is 11.2. The number of allylic oxidation sites excluding steroid dienone is 18. The number of aldehydes is 5. The predicted octanol–water partition coefficient (Wildman–Crippen LogP) is 19.7. The second-order valence-corrected chi connectivity index (χ2v) is 26.5. The fourth-order valence-corrected chi connectivity index (χ4v) is 9.81. The highest BCUT2D eigenvalue weighted by Crippen LogP contribution is 2.43. The Morgan fingerprint density at radius 1 is 0.438 bits per heavy atom. The summed E-state index contributed by atoms with van der Waals surface area (Å²) in [6.07, 6.45) is 39.9. The van der Waals surface area contributed by atoms with Crippen LogP contribution in [0.25, 0.3) is 0 Å². The van der Waals surface area contributed by atoms with Gasteiger partial charge in [-0.05, 0) is 255 Å². The number of aromatic hydroxyl groups is 4. The van der Waals surface area contributed by atoms with Crippen LogP contribution in [0, 0.1) is 13.8 Å². The van der Waals surface area contributed by atoms with Crippen molar-refractivity contribution in [3.05, 3.63) is 160 Å². The Morgan fingerprint density at radius 2 is 0.698 bits per heavy atom. The highest BCUT2D eigenvalue weighted by Gasteiger charge is 2.47. The summed E-state index contributed by atoms with van der Waals surface area (Å²) >= 11 is 12.1. The molecule has 2 atom stereocenters. The number of aliphatic hydroxyl groups excluding tert-OH is 2. The van der Waals surface area contributed by atoms with Gasteiger partial charge in [0.15, 0.2) is 12.6 Å². The van der Waals surface area contributed by atoms with Crippen molar-refractivity contribution in [2.45, 2.75) is 257 Å². The van der Waals surface area contributed by atoms with Crippen molar-refractivity contribution in [1.29, 1.82) is 0 Å². The molecule has 2 aliphatic rings. The molecule has 14 nitrogen and oxygen atoms in total. The number of hydrogen-bond donors (Lipinski definition) is 6. The van der Waals surface area contributed by atoms with Crippen LogP contribution in [0.1, 0.15) is 250 Å². The Labute approximate surface area is 587 Å². The number of rotatable bonds is 34. The third-order valence-electron chi connectivity index (χ3n) is 16.4. The summed E-state index contributed by atoms with van der Waals surface area (Å²) in [5.41, 5.74) is 12.8. The molecule has 2 aliphatic heterocycles. The van der Waals surface area contributed by atoms with Gasteiger partial charge in [-0.1, -0.05) is 130 Å². The summed E-state index contributed by atoms with van der Waals surface area (Å²) in [5.74, 6) is -0.792. The van der Waals surface area contributed by atoms with Crippen molar-refractivity contribution in [1.82, 2.24) is 0 Å². The van der Waals surface area contributed by atoms with E-state index in [9.17, 15) is 44.4 Å². The van der Waals surface area contributed by atoms with Crippen LogP contribution in [-0.4, -0.2) is 112 Å². The van der Waals surface area contributed by atoms with Crippen LogP contribution >= 0.6 is 23.2 Å². The molecule has 6 N–H and O–H groups in total. The van der Waals surface area contributed by atoms with Gasteiger partial charge in [-0.3, -0.25) is 24.0 Å². The number of carbonyl (C=O) groups is 5. The zero-order valence-electron chi connectivity index (χ0n) is 61.7. The molecule has 2 unspecified atom stereocenters. The number of hydrogen-bond acceptors (Lipinski definition) is 14. The summed E-state index contributed by atoms with van der Waals surface area (Å²) in [4.78, 5) is 53.2. The molecule has 0 saturated carbocycles. The summed E-state index contributed by atoms with van der Waals surface area (Å²) in [6, 6.07) is 0. The highest BCUT2D eigenvalue weighted by molar-refractivity contribution is 6.33. The average Bonchev–Trinajstić information content (AvgIpc) is 1.80. The van der Waals surface area contributed by atoms with E-state index in [-0.39, 0.29) is 86.1 Å². The van der Waals surface area contributed by atoms with Gasteiger partial charge < -0.3 is 44.8 Å². The molecule has 0 amide bonds. The summed E-state index contributed by atoms with van der Waals surface area (Å²) in [6.45, 7) is 36.7. The predicted molar refractivity (Wildman–Crippen MR) is 398 cm³/mol. The molecule has 0 radical (unpaired) electrons. The lowest BCUT2D eigenvalue weighted by Crippen LogP contribution is -2.02. The number of phenolic OH excluding ortho intramolecular Hbond substituents is 4. The lowest BCUT2D eigenvalue weighted by Gasteiger charge is -2.13. The number of phenols is 4. The molecule has 2 fully saturated rings. The van der Waals surface area contributed by atoms with Crippen LogP contribution in [0.3, 0.4) is 0 Å². The van der Waals surface area contributed by atoms with Gasteiger partial charge in [0.2, 0.25) is 0 Å². The van der Waals surface area contributed by atoms with Crippen LogP contribution in [0.4, 0.5) is 0 Å². The van der Waals surface area contributed by atoms with Gasteiger partial charge in [0.05, 0.1) is 57.8 Å². The van der Waals surface area contributed by atoms with Gasteiger partial charge in [-0.15, -0.1) is 0 Å². The maximum atomic E-state index is 11.2. The van der Waals surface area contributed by atoms with Gasteiger partial charge in [-0.25, -0.2) is 0 Å². The Morgan fingerprint density at radius 3 is 0.938 bits per heavy atom. The molecule has 2 saturated heterocycles. The van der Waals surface area contributed by atoms with Crippen molar-refractivity contribution in [3.63, 3.8) is 0 Å². The quantitative estimate of drug-likeness (QED) is 0.0165. The van der Waals surface area contributed by atoms with E-state index in [1.54, 1.807) is 40.9 Å². The van der Waals surface area contributed by atoms with Crippen molar-refractivity contribution < 1.29 is 68.8 Å². The van der Waals surface area contributed by atoms with E-state index in [1.807, 2.05) is 71.1 Å². The van der Waals surface area contributed by atoms with Gasteiger partial charge in [0, 0.05) is 24.8 Å². The number of ether oxygens (including phenoxy) is 3. The third-order valence-corrected chi connectivity index (χ3v) is 17.3. The van der Waals surface area contributed by atoms with Crippen molar-refractivity contribution in [3.8, 4) is 23.0 Å². The molecule has 0 spiro atoms. The molecule has 4 rings (SSSR count). The molecule has 0 aliphatic carbocycles. The molecule has 2 aromatic rings. The molecular weight excluding hydrogens is 1260 g/mol. The fraction of sp³-hybridized carbons (Fsp3) is 0.537. The number of methoxy groups -OCH3 is 1. The number of epoxide rings is 2. The minimum atomic E-state index is -0.236. The summed E-state index contributed by atoms with van der Waals surface area (Å²) in [5, 5.41) is 58.2. The molecule has 2 heterocycles. The summed E-state index contributed by atoms with van der Waals surface area (Å²) < 4.78 is 15.7. The Kier molecular flexibility index (Phi) is 48.8. The van der Waals surface area contributed by atoms with E-state index in [0.29, 0.717) is 47.9 Å². The van der Waals surface area contributed by atoms with Crippen molar-refractivity contribution >= 4 is 54.6 Å². The third kappa shape index (κ3) is 39.2. The van der Waals surface area contributed by atoms with Crippen molar-refractivity contribution in [2.75, 3.05) is 26.9 Å². The number of carbonyl (C=O) groups excluding carboxylic acids is 5. The minimum Gasteiger partial charge on any atom is -0.507 e. The minimum absolute atomic E-state index is 0.0549. The molecule has 0 aromatic heterocycles. The second kappa shape index (κ2) is 51.0. The van der Waals surface area contributed by atoms with Gasteiger partial charge in [-0.2, -0.15) is 0 Å². The zero-order valence-corrected chi connectivity index (χ0v) is 63.2. The summed E-state index contributed by atoms with van der Waals surface area (Å²) in [7, 11) is 1.68. The van der Waals surface area contributed by atoms with Gasteiger partial charge in [0.25, 0.3) is 0 Å². The average molecular weight is 1380 g/mol. The van der Waals surface area contributed by atoms with Gasteiger partial charge in [0.1, 0.15) is 41.9 Å². The topological polar surface area (TPSA) is 241 Å². The first-order chi connectivity index (χ1) is 45.2. The monoisotopic (exact) mass is 1370 g/mol. The normalized spacial score (nSPS) is 16.4. The van der Waals surface area contributed by atoms with Crippen LogP contribution in [0.5, 0.6) is 23.0 Å². The Hall–Kier alpha value is -6.23. The molecule has 96 heavy (non-hydrogen) atoms. The first kappa shape index (κ1) is 91.8. The smallest absolute Gasteiger partial charge is 0.154 e. The molecular formula is C80H120Cl2O14. The molecule has 0 bridgehead atoms. The van der Waals surface area contributed by atoms with Crippen molar-refractivity contribution in [2.24, 2.45) is 0 Å². The SMILES string of the molecule is C/C(=C\CO)CC/C=C(\C)CCC1OC1(C)C.C/C(=C\Cc1c(O)c(Cl)c(C)c(C=O)c1O)CC/C=C(\C)CCC1OC1(C)C.C/C(C=O)=C\CC/C(C)=C/CO.C/C(C=O)=C\CC/C(C)=C/Cc1c(O)c(Cl)c(C)c(C=O)c1O.CC/C=C(\C)CC/C=C(\C)C=O.CCOC.